The fourth-order valence-electron chi connectivity index (χ4n) is 5.10. The number of hydrogen-bond donors (Lipinski definition) is 1. The van der Waals surface area contributed by atoms with Crippen LogP contribution in [0.1, 0.15) is 40.9 Å². The van der Waals surface area contributed by atoms with Gasteiger partial charge in [-0.05, 0) is 42.9 Å². The Hall–Kier alpha value is -3.41. The molecule has 43 heavy (non-hydrogen) atoms. The summed E-state index contributed by atoms with van der Waals surface area (Å²) >= 11 is 1.44. The third-order valence-corrected chi connectivity index (χ3v) is 10.1. The van der Waals surface area contributed by atoms with E-state index < -0.39 is 20.3 Å². The molecular formula is C32H43N5O4SSi. The van der Waals surface area contributed by atoms with Gasteiger partial charge < -0.3 is 24.5 Å². The second-order valence-electron chi connectivity index (χ2n) is 12.2. The molecule has 9 nitrogen and oxygen atoms in total. The van der Waals surface area contributed by atoms with Crippen LogP contribution in [-0.4, -0.2) is 79.0 Å². The van der Waals surface area contributed by atoms with Gasteiger partial charge in [0.2, 0.25) is 0 Å². The molecule has 0 aliphatic carbocycles. The maximum absolute atomic E-state index is 13.6. The Morgan fingerprint density at radius 1 is 1.14 bits per heavy atom. The van der Waals surface area contributed by atoms with E-state index in [0.29, 0.717) is 29.6 Å². The van der Waals surface area contributed by atoms with Gasteiger partial charge in [0.25, 0.3) is 5.91 Å². The normalized spacial score (nSPS) is 15.1. The average Bonchev–Trinajstić information content (AvgIpc) is 3.11. The third-order valence-electron chi connectivity index (χ3n) is 7.72. The van der Waals surface area contributed by atoms with Crippen molar-refractivity contribution in [2.75, 3.05) is 42.7 Å². The number of ether oxygens (including phenoxy) is 1. The molecule has 1 aromatic heterocycles. The van der Waals surface area contributed by atoms with Gasteiger partial charge in [0.05, 0.1) is 13.2 Å². The third kappa shape index (κ3) is 8.58. The molecule has 4 rings (SSSR count). The highest BCUT2D eigenvalue weighted by atomic mass is 32.2. The summed E-state index contributed by atoms with van der Waals surface area (Å²) in [5.74, 6) is 0.496. The van der Waals surface area contributed by atoms with Crippen LogP contribution in [-0.2, 0) is 11.3 Å². The van der Waals surface area contributed by atoms with Crippen LogP contribution in [0.5, 0.6) is 0 Å². The van der Waals surface area contributed by atoms with Crippen LogP contribution in [0.15, 0.2) is 66.0 Å². The molecule has 1 aliphatic heterocycles. The number of amides is 2. The first-order chi connectivity index (χ1) is 20.5. The van der Waals surface area contributed by atoms with E-state index in [1.807, 2.05) is 79.7 Å². The zero-order chi connectivity index (χ0) is 31.1. The van der Waals surface area contributed by atoms with E-state index in [2.05, 4.69) is 29.6 Å². The molecule has 2 atom stereocenters. The summed E-state index contributed by atoms with van der Waals surface area (Å²) in [5.41, 5.74) is 3.06. The Morgan fingerprint density at radius 2 is 1.88 bits per heavy atom. The fourth-order valence-corrected chi connectivity index (χ4v) is 6.72. The topological polar surface area (TPSA) is 99.1 Å². The van der Waals surface area contributed by atoms with Crippen LogP contribution in [0.25, 0.3) is 0 Å². The second kappa shape index (κ2) is 14.4. The lowest BCUT2D eigenvalue weighted by Crippen LogP contribution is -2.41. The van der Waals surface area contributed by atoms with E-state index in [4.69, 9.17) is 4.74 Å². The minimum Gasteiger partial charge on any atom is -0.465 e. The number of carbonyl (C=O) groups excluding carboxylic acids is 1. The van der Waals surface area contributed by atoms with Crippen molar-refractivity contribution < 1.29 is 19.4 Å². The van der Waals surface area contributed by atoms with Gasteiger partial charge in [-0.3, -0.25) is 4.79 Å². The Balaban J connectivity index is 1.53. The highest BCUT2D eigenvalue weighted by Crippen LogP contribution is 2.29. The standard InChI is InChI=1S/C32H43N5O4SSi/c1-23(15-18-43(4,5)6)37(32(39)40)21-28(25-12-8-7-9-13-25)41-22-24-11-10-14-26(19-24)36-17-16-35(2)29-27(30(36)38)20-33-31(34-29)42-3/h7-14,19-20,23,28H,15-18,21-22H2,1-6H3,(H,39,40). The molecule has 0 bridgehead atoms. The van der Waals surface area contributed by atoms with Gasteiger partial charge in [-0.15, -0.1) is 0 Å². The number of fused-ring (bicyclic) bond motifs is 1. The fraction of sp³-hybridized carbons (Fsp3) is 0.438. The van der Waals surface area contributed by atoms with Crippen molar-refractivity contribution in [3.8, 4) is 0 Å². The number of benzene rings is 2. The summed E-state index contributed by atoms with van der Waals surface area (Å²) in [6.45, 7) is 10.5. The van der Waals surface area contributed by atoms with E-state index in [-0.39, 0.29) is 25.1 Å². The van der Waals surface area contributed by atoms with Crippen molar-refractivity contribution in [1.82, 2.24) is 14.9 Å². The Kier molecular flexibility index (Phi) is 10.9. The number of anilines is 2. The second-order valence-corrected chi connectivity index (χ2v) is 18.6. The molecule has 0 saturated carbocycles. The molecule has 0 fully saturated rings. The van der Waals surface area contributed by atoms with Crippen LogP contribution in [0, 0.1) is 0 Å². The van der Waals surface area contributed by atoms with E-state index in [0.717, 1.165) is 29.3 Å². The smallest absolute Gasteiger partial charge is 0.407 e. The lowest BCUT2D eigenvalue weighted by molar-refractivity contribution is 0.00823. The summed E-state index contributed by atoms with van der Waals surface area (Å²) in [5, 5.41) is 10.8. The van der Waals surface area contributed by atoms with E-state index in [9.17, 15) is 14.7 Å². The van der Waals surface area contributed by atoms with E-state index in [1.165, 1.54) is 16.7 Å². The summed E-state index contributed by atoms with van der Waals surface area (Å²) in [6.07, 6.45) is 2.97. The van der Waals surface area contributed by atoms with Crippen LogP contribution in [0.3, 0.4) is 0 Å². The molecule has 2 aromatic carbocycles. The zero-order valence-electron chi connectivity index (χ0n) is 26.0. The maximum Gasteiger partial charge on any atom is 0.407 e. The van der Waals surface area contributed by atoms with Crippen molar-refractivity contribution in [3.05, 3.63) is 77.5 Å². The lowest BCUT2D eigenvalue weighted by Gasteiger charge is -2.32. The van der Waals surface area contributed by atoms with Crippen LogP contribution >= 0.6 is 11.8 Å². The quantitative estimate of drug-likeness (QED) is 0.136. The number of carboxylic acid groups (broad SMARTS) is 1. The number of thioether (sulfide) groups is 1. The van der Waals surface area contributed by atoms with Gasteiger partial charge in [-0.25, -0.2) is 14.8 Å². The molecule has 230 valence electrons. The van der Waals surface area contributed by atoms with Gasteiger partial charge in [-0.2, -0.15) is 0 Å². The Morgan fingerprint density at radius 3 is 2.56 bits per heavy atom. The molecule has 1 aliphatic rings. The molecule has 11 heteroatoms. The molecule has 0 radical (unpaired) electrons. The molecule has 0 saturated heterocycles. The van der Waals surface area contributed by atoms with E-state index in [1.54, 1.807) is 11.1 Å². The SMILES string of the molecule is CSc1ncc2c(n1)N(C)CCN(c1cccc(COC(CN(C(=O)O)C(C)CC[Si](C)(C)C)c3ccccc3)c1)C2=O. The number of nitrogens with zero attached hydrogens (tertiary/aromatic N) is 5. The van der Waals surface area contributed by atoms with Crippen LogP contribution < -0.4 is 9.80 Å². The monoisotopic (exact) mass is 621 g/mol. The molecule has 3 aromatic rings. The van der Waals surface area contributed by atoms with Crippen molar-refractivity contribution in [3.63, 3.8) is 0 Å². The van der Waals surface area contributed by atoms with Gasteiger partial charge in [0.15, 0.2) is 5.16 Å². The molecule has 1 N–H and O–H groups in total. The molecule has 2 heterocycles. The number of rotatable bonds is 12. The summed E-state index contributed by atoms with van der Waals surface area (Å²) in [4.78, 5) is 40.2. The maximum atomic E-state index is 13.6. The predicted molar refractivity (Wildman–Crippen MR) is 176 cm³/mol. The summed E-state index contributed by atoms with van der Waals surface area (Å²) in [7, 11) is 0.629. The predicted octanol–water partition coefficient (Wildman–Crippen LogP) is 6.65. The van der Waals surface area contributed by atoms with Crippen molar-refractivity contribution in [1.29, 1.82) is 0 Å². The minimum absolute atomic E-state index is 0.117. The number of aromatic nitrogens is 2. The van der Waals surface area contributed by atoms with Gasteiger partial charge in [0, 0.05) is 46.1 Å². The van der Waals surface area contributed by atoms with Crippen molar-refractivity contribution in [2.24, 2.45) is 0 Å². The van der Waals surface area contributed by atoms with Gasteiger partial charge >= 0.3 is 6.09 Å². The van der Waals surface area contributed by atoms with Gasteiger partial charge in [0.1, 0.15) is 17.5 Å². The van der Waals surface area contributed by atoms with Crippen LogP contribution in [0.4, 0.5) is 16.3 Å². The molecule has 2 amide bonds. The summed E-state index contributed by atoms with van der Waals surface area (Å²) in [6, 6.07) is 18.5. The zero-order valence-corrected chi connectivity index (χ0v) is 27.8. The highest BCUT2D eigenvalue weighted by molar-refractivity contribution is 7.98. The Labute approximate surface area is 260 Å². The van der Waals surface area contributed by atoms with Crippen molar-refractivity contribution >= 4 is 43.3 Å². The molecule has 0 spiro atoms. The number of likely N-dealkylation sites (N-methyl/N-ethyl adjacent to an activating group) is 1. The van der Waals surface area contributed by atoms with Crippen LogP contribution in [0.2, 0.25) is 25.7 Å². The average molecular weight is 622 g/mol. The minimum atomic E-state index is -1.31. The molecular weight excluding hydrogens is 579 g/mol. The highest BCUT2D eigenvalue weighted by Gasteiger charge is 2.29. The molecule has 2 unspecified atom stereocenters. The first-order valence-corrected chi connectivity index (χ1v) is 19.6. The largest absolute Gasteiger partial charge is 0.465 e. The first kappa shape index (κ1) is 32.5. The number of carbonyl (C=O) groups is 2. The van der Waals surface area contributed by atoms with Crippen molar-refractivity contribution in [2.45, 2.75) is 62.9 Å². The summed E-state index contributed by atoms with van der Waals surface area (Å²) < 4.78 is 6.45. The van der Waals surface area contributed by atoms with E-state index >= 15 is 0 Å². The lowest BCUT2D eigenvalue weighted by atomic mass is 10.1. The first-order valence-electron chi connectivity index (χ1n) is 14.7. The Bertz CT molecular complexity index is 1400. The van der Waals surface area contributed by atoms with Gasteiger partial charge in [-0.1, -0.05) is 79.9 Å². The number of hydrogen-bond acceptors (Lipinski definition) is 7.